The van der Waals surface area contributed by atoms with E-state index in [0.717, 1.165) is 71.0 Å². The molecule has 1 unspecified atom stereocenters. The maximum atomic E-state index is 13.5. The SMILES string of the molecule is COc1cc(-c2cn(C)c(=O)c3cc(C(=O)NCC4CC5(C4)CN(C(=O)CCN4CCN(c6ccc7c(c6)C(=O)N(C6CCC(=O)NC6=O)C7=O)CC4)C5)sc23)cc(OC)c1CN(C)C. The lowest BCUT2D eigenvalue weighted by Gasteiger charge is -2.59. The van der Waals surface area contributed by atoms with Crippen LogP contribution in [0.3, 0.4) is 0 Å². The molecule has 2 aromatic heterocycles. The molecule has 1 atom stereocenters. The first-order valence-corrected chi connectivity index (χ1v) is 22.9. The molecule has 0 bridgehead atoms. The van der Waals surface area contributed by atoms with Crippen LogP contribution in [0.4, 0.5) is 5.69 Å². The third kappa shape index (κ3) is 8.27. The number of carbonyl (C=O) groups is 6. The van der Waals surface area contributed by atoms with Crippen molar-refractivity contribution in [1.82, 2.24) is 34.8 Å². The molecule has 65 heavy (non-hydrogen) atoms. The lowest BCUT2D eigenvalue weighted by Crippen LogP contribution is -2.64. The standard InChI is InChI=1S/C47H54N8O9S/c1-50(2)23-34-36(63-4)16-28(17-37(34)64-5)33-24-51(3)44(60)32-19-38(65-41(32)33)43(59)48-22-27-20-47(21-27)25-54(26-47)40(57)10-11-52-12-14-53(15-13-52)29-6-7-30-31(18-29)46(62)55(45(30)61)35-8-9-39(56)49-42(35)58/h6-7,16-19,24,27,35H,8-15,20-23,25-26H2,1-5H3,(H,48,59)(H,49,56,58). The van der Waals surface area contributed by atoms with E-state index in [1.165, 1.54) is 15.9 Å². The number of carbonyl (C=O) groups excluding carboxylic acids is 6. The predicted molar refractivity (Wildman–Crippen MR) is 243 cm³/mol. The Hall–Kier alpha value is -6.11. The smallest absolute Gasteiger partial charge is 0.262 e. The number of fused-ring (bicyclic) bond motifs is 2. The fourth-order valence-electron chi connectivity index (χ4n) is 10.3. The second-order valence-electron chi connectivity index (χ2n) is 18.4. The number of piperazine rings is 1. The van der Waals surface area contributed by atoms with Crippen LogP contribution in [-0.4, -0.2) is 146 Å². The van der Waals surface area contributed by atoms with Crippen LogP contribution >= 0.6 is 11.3 Å². The van der Waals surface area contributed by atoms with Gasteiger partial charge in [0.1, 0.15) is 17.5 Å². The van der Waals surface area contributed by atoms with Crippen LogP contribution in [0.15, 0.2) is 47.4 Å². The summed E-state index contributed by atoms with van der Waals surface area (Å²) in [5, 5.41) is 5.82. The van der Waals surface area contributed by atoms with E-state index in [4.69, 9.17) is 9.47 Å². The van der Waals surface area contributed by atoms with E-state index in [9.17, 15) is 33.6 Å². The van der Waals surface area contributed by atoms with E-state index in [-0.39, 0.29) is 46.8 Å². The molecule has 18 heteroatoms. The number of nitrogens with one attached hydrogen (secondary N) is 2. The van der Waals surface area contributed by atoms with E-state index >= 15 is 0 Å². The lowest BCUT2D eigenvalue weighted by atomic mass is 9.57. The molecule has 4 aromatic rings. The van der Waals surface area contributed by atoms with Gasteiger partial charge in [0.15, 0.2) is 0 Å². The van der Waals surface area contributed by atoms with Gasteiger partial charge in [0, 0.05) is 106 Å². The molecule has 2 N–H and O–H groups in total. The largest absolute Gasteiger partial charge is 0.496 e. The van der Waals surface area contributed by atoms with Gasteiger partial charge in [0.2, 0.25) is 17.7 Å². The predicted octanol–water partition coefficient (Wildman–Crippen LogP) is 2.93. The van der Waals surface area contributed by atoms with Crippen molar-refractivity contribution in [3.8, 4) is 22.6 Å². The van der Waals surface area contributed by atoms with E-state index in [1.807, 2.05) is 42.1 Å². The van der Waals surface area contributed by atoms with Crippen molar-refractivity contribution in [2.75, 3.05) is 85.6 Å². The summed E-state index contributed by atoms with van der Waals surface area (Å²) in [5.74, 6) is -0.480. The molecule has 0 radical (unpaired) electrons. The number of nitrogens with zero attached hydrogens (tertiary/aromatic N) is 6. The number of benzene rings is 2. The summed E-state index contributed by atoms with van der Waals surface area (Å²) in [7, 11) is 8.91. The molecule has 342 valence electrons. The highest BCUT2D eigenvalue weighted by atomic mass is 32.1. The van der Waals surface area contributed by atoms with Crippen LogP contribution in [0.25, 0.3) is 21.2 Å². The van der Waals surface area contributed by atoms with Crippen LogP contribution in [0.1, 0.15) is 68.1 Å². The first-order chi connectivity index (χ1) is 31.1. The van der Waals surface area contributed by atoms with Crippen molar-refractivity contribution in [3.05, 3.63) is 74.5 Å². The lowest BCUT2D eigenvalue weighted by molar-refractivity contribution is -0.155. The van der Waals surface area contributed by atoms with Gasteiger partial charge in [-0.15, -0.1) is 11.3 Å². The van der Waals surface area contributed by atoms with E-state index in [1.54, 1.807) is 45.7 Å². The zero-order valence-electron chi connectivity index (χ0n) is 37.4. The maximum Gasteiger partial charge on any atom is 0.262 e. The molecule has 5 aliphatic rings. The minimum Gasteiger partial charge on any atom is -0.496 e. The number of amides is 6. The first kappa shape index (κ1) is 44.1. The van der Waals surface area contributed by atoms with Crippen molar-refractivity contribution in [2.45, 2.75) is 44.7 Å². The fourth-order valence-corrected chi connectivity index (χ4v) is 11.4. The van der Waals surface area contributed by atoms with Gasteiger partial charge in [-0.2, -0.15) is 0 Å². The molecular weight excluding hydrogens is 853 g/mol. The highest BCUT2D eigenvalue weighted by Gasteiger charge is 2.53. The molecule has 4 fully saturated rings. The van der Waals surface area contributed by atoms with Gasteiger partial charge in [0.25, 0.3) is 23.3 Å². The number of pyridine rings is 1. The van der Waals surface area contributed by atoms with Crippen molar-refractivity contribution in [2.24, 2.45) is 18.4 Å². The molecule has 6 amide bonds. The van der Waals surface area contributed by atoms with E-state index in [0.29, 0.717) is 66.8 Å². The quantitative estimate of drug-likeness (QED) is 0.188. The molecular formula is C47H54N8O9S. The van der Waals surface area contributed by atoms with Gasteiger partial charge < -0.3 is 34.1 Å². The summed E-state index contributed by atoms with van der Waals surface area (Å²) in [4.78, 5) is 100. The van der Waals surface area contributed by atoms with Gasteiger partial charge in [-0.05, 0) is 81.2 Å². The zero-order valence-corrected chi connectivity index (χ0v) is 38.2. The van der Waals surface area contributed by atoms with Crippen LogP contribution in [-0.2, 0) is 28.0 Å². The molecule has 9 rings (SSSR count). The van der Waals surface area contributed by atoms with Crippen molar-refractivity contribution in [1.29, 1.82) is 0 Å². The summed E-state index contributed by atoms with van der Waals surface area (Å²) < 4.78 is 13.8. The molecule has 1 aliphatic carbocycles. The Balaban J connectivity index is 0.727. The minimum absolute atomic E-state index is 0.0696. The van der Waals surface area contributed by atoms with Gasteiger partial charge in [-0.25, -0.2) is 0 Å². The number of hydrogen-bond donors (Lipinski definition) is 2. The number of likely N-dealkylation sites (tertiary alicyclic amines) is 1. The summed E-state index contributed by atoms with van der Waals surface area (Å²) in [6.07, 6.45) is 4.30. The number of ether oxygens (including phenoxy) is 2. The van der Waals surface area contributed by atoms with Crippen molar-refractivity contribution >= 4 is 62.6 Å². The topological polar surface area (TPSA) is 183 Å². The number of aromatic nitrogens is 1. The van der Waals surface area contributed by atoms with Gasteiger partial charge in [-0.3, -0.25) is 48.7 Å². The second-order valence-corrected chi connectivity index (χ2v) is 19.5. The number of thiophene rings is 1. The minimum atomic E-state index is -1.00. The van der Waals surface area contributed by atoms with Gasteiger partial charge in [0.05, 0.1) is 41.2 Å². The molecule has 1 spiro atoms. The second kappa shape index (κ2) is 17.4. The number of aryl methyl sites for hydroxylation is 1. The average Bonchev–Trinajstić information content (AvgIpc) is 3.82. The number of imide groups is 2. The Morgan fingerprint density at radius 3 is 2.26 bits per heavy atom. The summed E-state index contributed by atoms with van der Waals surface area (Å²) in [6.45, 7) is 6.14. The Morgan fingerprint density at radius 2 is 1.60 bits per heavy atom. The number of anilines is 1. The Labute approximate surface area is 380 Å². The molecule has 3 saturated heterocycles. The molecule has 2 aromatic carbocycles. The Kier molecular flexibility index (Phi) is 11.8. The number of rotatable bonds is 13. The zero-order chi connectivity index (χ0) is 45.9. The number of piperidine rings is 1. The molecule has 6 heterocycles. The summed E-state index contributed by atoms with van der Waals surface area (Å²) in [6, 6.07) is 9.76. The number of methoxy groups -OCH3 is 2. The van der Waals surface area contributed by atoms with E-state index in [2.05, 4.69) is 20.4 Å². The average molecular weight is 907 g/mol. The van der Waals surface area contributed by atoms with Crippen LogP contribution < -0.4 is 30.6 Å². The van der Waals surface area contributed by atoms with Gasteiger partial charge >= 0.3 is 0 Å². The summed E-state index contributed by atoms with van der Waals surface area (Å²) in [5.41, 5.74) is 3.81. The Morgan fingerprint density at radius 1 is 0.908 bits per heavy atom. The van der Waals surface area contributed by atoms with Crippen LogP contribution in [0, 0.1) is 11.3 Å². The van der Waals surface area contributed by atoms with Crippen molar-refractivity contribution in [3.63, 3.8) is 0 Å². The Bertz CT molecular complexity index is 2660. The third-order valence-corrected chi connectivity index (χ3v) is 14.8. The van der Waals surface area contributed by atoms with Crippen LogP contribution in [0.2, 0.25) is 0 Å². The van der Waals surface area contributed by atoms with Gasteiger partial charge in [-0.1, -0.05) is 0 Å². The fraction of sp³-hybridized carbons (Fsp3) is 0.468. The van der Waals surface area contributed by atoms with Crippen molar-refractivity contribution < 1.29 is 38.2 Å². The normalized spacial score (nSPS) is 19.7. The molecule has 4 aliphatic heterocycles. The van der Waals surface area contributed by atoms with Crippen LogP contribution in [0.5, 0.6) is 11.5 Å². The maximum absolute atomic E-state index is 13.5. The molecule has 17 nitrogen and oxygen atoms in total. The first-order valence-electron chi connectivity index (χ1n) is 22.1. The molecule has 1 saturated carbocycles. The third-order valence-electron chi connectivity index (χ3n) is 13.7. The number of hydrogen-bond acceptors (Lipinski definition) is 13. The highest BCUT2D eigenvalue weighted by Crippen LogP contribution is 2.52. The van der Waals surface area contributed by atoms with E-state index < -0.39 is 29.7 Å². The highest BCUT2D eigenvalue weighted by molar-refractivity contribution is 7.21. The monoisotopic (exact) mass is 906 g/mol. The summed E-state index contributed by atoms with van der Waals surface area (Å²) >= 11 is 1.30.